The lowest BCUT2D eigenvalue weighted by molar-refractivity contribution is -0.137. The topological polar surface area (TPSA) is 105 Å². The van der Waals surface area contributed by atoms with Gasteiger partial charge in [-0.15, -0.1) is 0 Å². The lowest BCUT2D eigenvalue weighted by Crippen LogP contribution is -2.51. The molecule has 0 radical (unpaired) electrons. The van der Waals surface area contributed by atoms with E-state index >= 15 is 0 Å². The van der Waals surface area contributed by atoms with Crippen LogP contribution in [0.3, 0.4) is 0 Å². The van der Waals surface area contributed by atoms with Gasteiger partial charge in [0.05, 0.1) is 6.54 Å². The predicted molar refractivity (Wildman–Crippen MR) is 115 cm³/mol. The summed E-state index contributed by atoms with van der Waals surface area (Å²) in [5.41, 5.74) is 0. The van der Waals surface area contributed by atoms with Gasteiger partial charge in [0.25, 0.3) is 0 Å². The molecule has 2 aliphatic rings. The average Bonchev–Trinajstić information content (AvgIpc) is 3.15. The van der Waals surface area contributed by atoms with Crippen molar-refractivity contribution in [1.82, 2.24) is 25.3 Å². The van der Waals surface area contributed by atoms with E-state index in [1.54, 1.807) is 0 Å². The van der Waals surface area contributed by atoms with Gasteiger partial charge in [-0.25, -0.2) is 0 Å². The van der Waals surface area contributed by atoms with Crippen LogP contribution in [0.5, 0.6) is 0 Å². The third-order valence-electron chi connectivity index (χ3n) is 6.02. The summed E-state index contributed by atoms with van der Waals surface area (Å²) in [6.45, 7) is 11.1. The Morgan fingerprint density at radius 1 is 0.900 bits per heavy atom. The Bertz CT molecular complexity index is 552. The SMILES string of the molecule is CCN1CCN([13CH2]C2CCCN2[13CH2]C(=O)[15NH][13CH2][13CH2][13CH2][13C](=O)[15NH]CCC[13C](=O)O)[13CH2][13CH2]1. The van der Waals surface area contributed by atoms with Gasteiger partial charge in [-0.3, -0.25) is 24.2 Å². The molecule has 0 spiro atoms. The number of hydrogen-bond donors (Lipinski definition) is 3. The molecule has 0 aromatic rings. The van der Waals surface area contributed by atoms with Crippen molar-refractivity contribution in [1.29, 1.82) is 0 Å². The lowest BCUT2D eigenvalue weighted by atomic mass is 10.3. The van der Waals surface area contributed by atoms with Gasteiger partial charge >= 0.3 is 5.97 Å². The van der Waals surface area contributed by atoms with Gasteiger partial charge in [-0.1, -0.05) is 6.92 Å². The normalized spacial score (nSPS) is 20.9. The monoisotopic (exact) mass is 436 g/mol. The number of hydrogen-bond acceptors (Lipinski definition) is 6. The minimum absolute atomic E-state index is 0.0274. The van der Waals surface area contributed by atoms with E-state index in [-0.39, 0.29) is 18.2 Å². The fourth-order valence-electron chi connectivity index (χ4n) is 4.17. The second-order valence-corrected chi connectivity index (χ2v) is 8.30. The molecular formula is C21H39N5O4. The Labute approximate surface area is 180 Å². The fraction of sp³-hybridized carbons (Fsp3) is 0.857. The molecule has 0 aromatic carbocycles. The van der Waals surface area contributed by atoms with Gasteiger partial charge in [-0.05, 0) is 38.8 Å². The standard InChI is InChI=1S/C21H39N5O4/c1-2-24-12-14-25(15-13-24)16-18-6-5-11-26(18)17-20(28)23-9-3-7-19(27)22-10-4-8-21(29)30/h18H,2-17H2,1H3,(H,22,27)(H,23,28)(H,29,30)/i3+1,7+1,9+1,12+1,14+1,16+1,17+1,19+1,21+1,22+1,23+1. The zero-order valence-corrected chi connectivity index (χ0v) is 18.4. The molecule has 2 rings (SSSR count). The van der Waals surface area contributed by atoms with Crippen molar-refractivity contribution in [3.05, 3.63) is 0 Å². The van der Waals surface area contributed by atoms with Crippen LogP contribution < -0.4 is 10.6 Å². The van der Waals surface area contributed by atoms with Gasteiger partial charge in [0, 0.05) is 64.7 Å². The molecule has 0 saturated carbocycles. The van der Waals surface area contributed by atoms with E-state index in [2.05, 4.69) is 32.3 Å². The molecule has 0 aromatic heterocycles. The zero-order chi connectivity index (χ0) is 21.8. The highest BCUT2D eigenvalue weighted by Crippen LogP contribution is 2.18. The van der Waals surface area contributed by atoms with Crippen molar-refractivity contribution in [2.24, 2.45) is 0 Å². The van der Waals surface area contributed by atoms with Gasteiger partial charge in [-0.2, -0.15) is 0 Å². The third-order valence-corrected chi connectivity index (χ3v) is 6.02. The number of aliphatic carboxylic acids is 1. The number of amides is 2. The maximum Gasteiger partial charge on any atom is 0.303 e. The highest BCUT2D eigenvalue weighted by Gasteiger charge is 2.28. The molecular weight excluding hydrogens is 397 g/mol. The predicted octanol–water partition coefficient (Wildman–Crippen LogP) is -0.0343. The molecule has 2 amide bonds. The fourth-order valence-corrected chi connectivity index (χ4v) is 4.17. The van der Waals surface area contributed by atoms with Crippen LogP contribution in [0.25, 0.3) is 0 Å². The van der Waals surface area contributed by atoms with Crippen LogP contribution in [-0.4, -0.2) is 109 Å². The zero-order valence-electron chi connectivity index (χ0n) is 18.4. The number of carbonyl (C=O) groups excluding carboxylic acids is 2. The minimum Gasteiger partial charge on any atom is -0.481 e. The molecule has 9 nitrogen and oxygen atoms in total. The summed E-state index contributed by atoms with van der Waals surface area (Å²) in [5, 5.41) is 14.2. The first kappa shape index (κ1) is 24.6. The van der Waals surface area contributed by atoms with Crippen molar-refractivity contribution in [3.8, 4) is 0 Å². The number of likely N-dealkylation sites (tertiary alicyclic amines) is 1. The number of nitrogens with one attached hydrogen (secondary N) is 2. The van der Waals surface area contributed by atoms with E-state index in [0.717, 1.165) is 58.7 Å². The number of rotatable bonds is 13. The first-order chi connectivity index (χ1) is 14.5. The summed E-state index contributed by atoms with van der Waals surface area (Å²) in [6, 6.07) is 0.459. The van der Waals surface area contributed by atoms with Gasteiger partial charge in [0.1, 0.15) is 0 Å². The van der Waals surface area contributed by atoms with Crippen LogP contribution in [-0.2, 0) is 14.4 Å². The maximum absolute atomic E-state index is 12.3. The molecule has 1 unspecified atom stereocenters. The summed E-state index contributed by atoms with van der Waals surface area (Å²) in [6.07, 6.45) is 3.72. The number of nitrogens with zero attached hydrogens (tertiary/aromatic N) is 3. The number of carboxylic acid groups (broad SMARTS) is 1. The molecule has 9 heteroatoms. The smallest absolute Gasteiger partial charge is 0.303 e. The van der Waals surface area contributed by atoms with Crippen LogP contribution in [0.4, 0.5) is 0 Å². The number of carboxylic acids is 1. The molecule has 0 aliphatic carbocycles. The summed E-state index contributed by atoms with van der Waals surface area (Å²) >= 11 is 0. The first-order valence-electron chi connectivity index (χ1n) is 11.4. The number of carbonyl (C=O) groups is 3. The molecule has 2 aliphatic heterocycles. The van der Waals surface area contributed by atoms with Crippen molar-refractivity contribution in [2.75, 3.05) is 65.4 Å². The van der Waals surface area contributed by atoms with E-state index in [1.165, 1.54) is 0 Å². The summed E-state index contributed by atoms with van der Waals surface area (Å²) in [4.78, 5) is 41.7. The quantitative estimate of drug-likeness (QED) is 0.211. The van der Waals surface area contributed by atoms with Crippen molar-refractivity contribution in [3.63, 3.8) is 0 Å². The molecule has 2 heterocycles. The Kier molecular flexibility index (Phi) is 11.1. The Morgan fingerprint density at radius 2 is 1.53 bits per heavy atom. The lowest BCUT2D eigenvalue weighted by Gasteiger charge is -2.37. The van der Waals surface area contributed by atoms with Crippen LogP contribution >= 0.6 is 0 Å². The minimum atomic E-state index is -0.855. The van der Waals surface area contributed by atoms with Crippen molar-refractivity contribution >= 4 is 17.8 Å². The highest BCUT2D eigenvalue weighted by atomic mass is 16.5. The third kappa shape index (κ3) is 9.40. The molecule has 172 valence electrons. The second-order valence-electron chi connectivity index (χ2n) is 8.30. The second kappa shape index (κ2) is 13.6. The Balaban J connectivity index is 1.55. The largest absolute Gasteiger partial charge is 0.481 e. The van der Waals surface area contributed by atoms with E-state index in [1.807, 2.05) is 0 Å². The summed E-state index contributed by atoms with van der Waals surface area (Å²) < 4.78 is 0. The summed E-state index contributed by atoms with van der Waals surface area (Å²) in [7, 11) is 0. The summed E-state index contributed by atoms with van der Waals surface area (Å²) in [5.74, 6) is -0.928. The molecule has 2 fully saturated rings. The van der Waals surface area contributed by atoms with Gasteiger partial charge in [0.15, 0.2) is 0 Å². The highest BCUT2D eigenvalue weighted by molar-refractivity contribution is 5.78. The van der Waals surface area contributed by atoms with E-state index in [9.17, 15) is 14.4 Å². The molecule has 2 saturated heterocycles. The van der Waals surface area contributed by atoms with E-state index in [0.29, 0.717) is 44.9 Å². The Morgan fingerprint density at radius 3 is 2.20 bits per heavy atom. The van der Waals surface area contributed by atoms with Crippen molar-refractivity contribution < 1.29 is 19.5 Å². The van der Waals surface area contributed by atoms with Gasteiger partial charge < -0.3 is 20.6 Å². The van der Waals surface area contributed by atoms with Gasteiger partial charge in [0.2, 0.25) is 11.8 Å². The van der Waals surface area contributed by atoms with E-state index in [4.69, 9.17) is 5.11 Å². The van der Waals surface area contributed by atoms with Crippen LogP contribution in [0.2, 0.25) is 0 Å². The van der Waals surface area contributed by atoms with E-state index < -0.39 is 5.97 Å². The number of piperazine rings is 1. The van der Waals surface area contributed by atoms with Crippen LogP contribution in [0.1, 0.15) is 45.4 Å². The molecule has 1 atom stereocenters. The molecule has 30 heavy (non-hydrogen) atoms. The van der Waals surface area contributed by atoms with Crippen molar-refractivity contribution in [2.45, 2.75) is 51.5 Å². The number of likely N-dealkylation sites (N-methyl/N-ethyl adjacent to an activating group) is 1. The molecule has 3 N–H and O–H groups in total. The van der Waals surface area contributed by atoms with Crippen LogP contribution in [0.15, 0.2) is 0 Å². The average molecular weight is 436 g/mol. The van der Waals surface area contributed by atoms with Crippen LogP contribution in [0, 0.1) is 0 Å². The maximum atomic E-state index is 12.3. The first-order valence-corrected chi connectivity index (χ1v) is 11.4. The Hall–Kier alpha value is -1.71. The molecule has 0 bridgehead atoms.